The minimum absolute atomic E-state index is 0.192. The molecule has 162 valence electrons. The zero-order chi connectivity index (χ0) is 22.1. The van der Waals surface area contributed by atoms with E-state index < -0.39 is 60.4 Å². The van der Waals surface area contributed by atoms with E-state index >= 15 is 0 Å². The number of carbonyl (C=O) groups is 4. The predicted octanol–water partition coefficient (Wildman–Crippen LogP) is -2.51. The molecule has 0 aliphatic heterocycles. The van der Waals surface area contributed by atoms with Crippen molar-refractivity contribution in [3.63, 3.8) is 0 Å². The lowest BCUT2D eigenvalue weighted by molar-refractivity contribution is -0.144. The van der Waals surface area contributed by atoms with Gasteiger partial charge in [-0.05, 0) is 12.8 Å². The van der Waals surface area contributed by atoms with Gasteiger partial charge in [0, 0.05) is 18.3 Å². The summed E-state index contributed by atoms with van der Waals surface area (Å²) < 4.78 is 0. The minimum atomic E-state index is -1.39. The van der Waals surface area contributed by atoms with E-state index in [4.69, 9.17) is 10.8 Å². The van der Waals surface area contributed by atoms with E-state index in [0.29, 0.717) is 5.69 Å². The number of aromatic amines is 1. The Hall–Kier alpha value is -2.99. The third kappa shape index (κ3) is 7.87. The Morgan fingerprint density at radius 1 is 1.14 bits per heavy atom. The van der Waals surface area contributed by atoms with Crippen LogP contribution in [0.15, 0.2) is 12.5 Å². The van der Waals surface area contributed by atoms with Crippen LogP contribution < -0.4 is 21.7 Å². The van der Waals surface area contributed by atoms with Gasteiger partial charge >= 0.3 is 5.97 Å². The molecule has 4 atom stereocenters. The second-order valence-electron chi connectivity index (χ2n) is 6.96. The third-order valence-corrected chi connectivity index (χ3v) is 4.07. The summed E-state index contributed by atoms with van der Waals surface area (Å²) in [5.74, 6) is -3.82. The lowest BCUT2D eigenvalue weighted by Crippen LogP contribution is -2.58. The zero-order valence-corrected chi connectivity index (χ0v) is 16.5. The maximum atomic E-state index is 12.3. The molecule has 1 rings (SSSR count). The number of rotatable bonds is 11. The second kappa shape index (κ2) is 11.1. The monoisotopic (exact) mass is 412 g/mol. The van der Waals surface area contributed by atoms with E-state index in [1.165, 1.54) is 19.4 Å². The van der Waals surface area contributed by atoms with Crippen molar-refractivity contribution < 1.29 is 29.4 Å². The Morgan fingerprint density at radius 3 is 2.28 bits per heavy atom. The smallest absolute Gasteiger partial charge is 0.326 e. The number of carboxylic acid groups (broad SMARTS) is 1. The number of carboxylic acids is 1. The van der Waals surface area contributed by atoms with Crippen molar-refractivity contribution >= 4 is 23.7 Å². The fraction of sp³-hybridized carbons (Fsp3) is 0.588. The highest BCUT2D eigenvalue weighted by atomic mass is 16.4. The number of hydrogen-bond donors (Lipinski definition) is 7. The molecule has 12 nitrogen and oxygen atoms in total. The lowest BCUT2D eigenvalue weighted by Gasteiger charge is -2.25. The number of aliphatic hydroxyl groups excluding tert-OH is 1. The molecular formula is C17H28N6O6. The first-order valence-electron chi connectivity index (χ1n) is 9.04. The van der Waals surface area contributed by atoms with Crippen LogP contribution in [-0.4, -0.2) is 74.6 Å². The number of nitrogens with one attached hydrogen (secondary N) is 4. The fourth-order valence-electron chi connectivity index (χ4n) is 2.41. The summed E-state index contributed by atoms with van der Waals surface area (Å²) in [4.78, 5) is 54.2. The molecule has 1 heterocycles. The minimum Gasteiger partial charge on any atom is -0.480 e. The van der Waals surface area contributed by atoms with Crippen LogP contribution in [0.2, 0.25) is 0 Å². The van der Waals surface area contributed by atoms with Gasteiger partial charge < -0.3 is 36.9 Å². The first-order chi connectivity index (χ1) is 13.5. The molecular weight excluding hydrogens is 384 g/mol. The van der Waals surface area contributed by atoms with Crippen LogP contribution in [0.3, 0.4) is 0 Å². The average Bonchev–Trinajstić information content (AvgIpc) is 3.13. The van der Waals surface area contributed by atoms with Crippen molar-refractivity contribution in [3.8, 4) is 0 Å². The van der Waals surface area contributed by atoms with Crippen molar-refractivity contribution in [1.82, 2.24) is 25.9 Å². The SMILES string of the molecule is CC(C)C(NC(=O)C(NC(=O)CNC(=O)C(N)Cc1cnc[nH]1)C(C)O)C(=O)O. The molecule has 1 aromatic heterocycles. The molecule has 8 N–H and O–H groups in total. The Kier molecular flexibility index (Phi) is 9.22. The normalized spacial score (nSPS) is 15.1. The Labute approximate surface area is 167 Å². The molecule has 0 saturated heterocycles. The second-order valence-corrected chi connectivity index (χ2v) is 6.96. The molecule has 0 aromatic carbocycles. The number of H-pyrrole nitrogens is 1. The van der Waals surface area contributed by atoms with Gasteiger partial charge in [0.25, 0.3) is 0 Å². The molecule has 29 heavy (non-hydrogen) atoms. The zero-order valence-electron chi connectivity index (χ0n) is 16.5. The molecule has 4 unspecified atom stereocenters. The maximum Gasteiger partial charge on any atom is 0.326 e. The van der Waals surface area contributed by atoms with E-state index in [9.17, 15) is 24.3 Å². The van der Waals surface area contributed by atoms with Gasteiger partial charge in [-0.3, -0.25) is 14.4 Å². The van der Waals surface area contributed by atoms with Crippen molar-refractivity contribution in [2.45, 2.75) is 51.4 Å². The molecule has 3 amide bonds. The fourth-order valence-corrected chi connectivity index (χ4v) is 2.41. The summed E-state index contributed by atoms with van der Waals surface area (Å²) in [6.07, 6.45) is 1.87. The molecule has 0 saturated carbocycles. The first-order valence-corrected chi connectivity index (χ1v) is 9.04. The number of nitrogens with zero attached hydrogens (tertiary/aromatic N) is 1. The van der Waals surface area contributed by atoms with Gasteiger partial charge in [0.1, 0.15) is 12.1 Å². The highest BCUT2D eigenvalue weighted by molar-refractivity contribution is 5.92. The number of hydrogen-bond acceptors (Lipinski definition) is 7. The molecule has 12 heteroatoms. The Morgan fingerprint density at radius 2 is 1.79 bits per heavy atom. The van der Waals surface area contributed by atoms with E-state index in [2.05, 4.69) is 25.9 Å². The van der Waals surface area contributed by atoms with Gasteiger partial charge in [0.15, 0.2) is 0 Å². The summed E-state index contributed by atoms with van der Waals surface area (Å²) in [6, 6.07) is -3.49. The average molecular weight is 412 g/mol. The summed E-state index contributed by atoms with van der Waals surface area (Å²) in [5, 5.41) is 25.8. The Bertz CT molecular complexity index is 705. The van der Waals surface area contributed by atoms with Crippen LogP contribution in [0, 0.1) is 5.92 Å². The van der Waals surface area contributed by atoms with E-state index in [-0.39, 0.29) is 6.42 Å². The van der Waals surface area contributed by atoms with Crippen molar-refractivity contribution in [2.75, 3.05) is 6.54 Å². The number of nitrogens with two attached hydrogens (primary N) is 1. The summed E-state index contributed by atoms with van der Waals surface area (Å²) in [7, 11) is 0. The predicted molar refractivity (Wildman–Crippen MR) is 101 cm³/mol. The number of aliphatic carboxylic acids is 1. The van der Waals surface area contributed by atoms with Crippen LogP contribution >= 0.6 is 0 Å². The van der Waals surface area contributed by atoms with Crippen molar-refractivity contribution in [3.05, 3.63) is 18.2 Å². The molecule has 0 radical (unpaired) electrons. The highest BCUT2D eigenvalue weighted by Gasteiger charge is 2.31. The van der Waals surface area contributed by atoms with Gasteiger partial charge in [-0.1, -0.05) is 13.8 Å². The van der Waals surface area contributed by atoms with E-state index in [1.807, 2.05) is 0 Å². The van der Waals surface area contributed by atoms with Crippen LogP contribution in [0.1, 0.15) is 26.5 Å². The third-order valence-electron chi connectivity index (χ3n) is 4.07. The molecule has 0 spiro atoms. The van der Waals surface area contributed by atoms with Gasteiger partial charge in [-0.15, -0.1) is 0 Å². The largest absolute Gasteiger partial charge is 0.480 e. The number of imidazole rings is 1. The molecule has 0 bridgehead atoms. The summed E-state index contributed by atoms with van der Waals surface area (Å²) >= 11 is 0. The van der Waals surface area contributed by atoms with Crippen LogP contribution in [-0.2, 0) is 25.6 Å². The van der Waals surface area contributed by atoms with Crippen LogP contribution in [0.4, 0.5) is 0 Å². The number of aromatic nitrogens is 2. The quantitative estimate of drug-likeness (QED) is 0.206. The summed E-state index contributed by atoms with van der Waals surface area (Å²) in [5.41, 5.74) is 6.41. The van der Waals surface area contributed by atoms with Gasteiger partial charge in [0.05, 0.1) is 25.0 Å². The molecule has 0 aliphatic rings. The van der Waals surface area contributed by atoms with Gasteiger partial charge in [0.2, 0.25) is 17.7 Å². The maximum absolute atomic E-state index is 12.3. The molecule has 0 aliphatic carbocycles. The highest BCUT2D eigenvalue weighted by Crippen LogP contribution is 2.03. The Balaban J connectivity index is 2.58. The molecule has 0 fully saturated rings. The molecule has 1 aromatic rings. The van der Waals surface area contributed by atoms with Gasteiger partial charge in [-0.25, -0.2) is 9.78 Å². The topological polar surface area (TPSA) is 200 Å². The summed E-state index contributed by atoms with van der Waals surface area (Å²) in [6.45, 7) is 4.02. The van der Waals surface area contributed by atoms with Gasteiger partial charge in [-0.2, -0.15) is 0 Å². The van der Waals surface area contributed by atoms with E-state index in [1.54, 1.807) is 13.8 Å². The van der Waals surface area contributed by atoms with Crippen molar-refractivity contribution in [2.24, 2.45) is 11.7 Å². The van der Waals surface area contributed by atoms with E-state index in [0.717, 1.165) is 0 Å². The van der Waals surface area contributed by atoms with Crippen LogP contribution in [0.25, 0.3) is 0 Å². The first kappa shape index (κ1) is 24.0. The number of aliphatic hydroxyl groups is 1. The number of amides is 3. The van der Waals surface area contributed by atoms with Crippen LogP contribution in [0.5, 0.6) is 0 Å². The number of carbonyl (C=O) groups excluding carboxylic acids is 3. The lowest BCUT2D eigenvalue weighted by atomic mass is 10.0. The standard InChI is InChI=1S/C17H28N6O6/c1-8(2)13(17(28)29)23-16(27)14(9(3)24)22-12(25)6-20-15(26)11(18)4-10-5-19-7-21-10/h5,7-9,11,13-14,24H,4,6,18H2,1-3H3,(H,19,21)(H,20,26)(H,22,25)(H,23,27)(H,28,29). The van der Waals surface area contributed by atoms with Crippen molar-refractivity contribution in [1.29, 1.82) is 0 Å².